The summed E-state index contributed by atoms with van der Waals surface area (Å²) < 4.78 is 0. The first kappa shape index (κ1) is 14.5. The van der Waals surface area contributed by atoms with E-state index in [0.717, 1.165) is 45.1 Å². The zero-order valence-corrected chi connectivity index (χ0v) is 13.8. The number of fused-ring (bicyclic) bond motifs is 5. The number of carbonyl (C=O) groups excluding carboxylic acids is 2. The van der Waals surface area contributed by atoms with E-state index in [1.807, 2.05) is 6.08 Å². The zero-order valence-electron chi connectivity index (χ0n) is 13.8. The summed E-state index contributed by atoms with van der Waals surface area (Å²) in [7, 11) is 0. The summed E-state index contributed by atoms with van der Waals surface area (Å²) in [6.45, 7) is 5.41. The summed E-state index contributed by atoms with van der Waals surface area (Å²) in [5.41, 5.74) is 1.49. The highest BCUT2D eigenvalue weighted by Gasteiger charge is 2.58. The summed E-state index contributed by atoms with van der Waals surface area (Å²) in [5.74, 6) is 2.53. The second-order valence-corrected chi connectivity index (χ2v) is 8.46. The molecular formula is C19H27NO2. The lowest BCUT2D eigenvalue weighted by Gasteiger charge is -2.55. The van der Waals surface area contributed by atoms with Crippen molar-refractivity contribution < 1.29 is 9.59 Å². The normalized spacial score (nSPS) is 47.7. The highest BCUT2D eigenvalue weighted by atomic mass is 16.1. The molecule has 4 aliphatic rings. The molecule has 3 heteroatoms. The van der Waals surface area contributed by atoms with E-state index in [1.165, 1.54) is 12.0 Å². The van der Waals surface area contributed by atoms with Crippen molar-refractivity contribution in [2.24, 2.45) is 28.6 Å². The SMILES string of the molecule is C[C@]12CCNC(=O)C=C1CC[C@@H]1[C@@H]2CC[C@]2(C)C(=O)CC[C@@H]12. The monoisotopic (exact) mass is 301 g/mol. The fraction of sp³-hybridized carbons (Fsp3) is 0.789. The molecule has 0 radical (unpaired) electrons. The van der Waals surface area contributed by atoms with Crippen molar-refractivity contribution in [2.45, 2.75) is 58.8 Å². The number of Topliss-reactive ketones (excluding diaryl/α,β-unsaturated/α-hetero) is 1. The molecule has 1 N–H and O–H groups in total. The van der Waals surface area contributed by atoms with Crippen molar-refractivity contribution in [3.63, 3.8) is 0 Å². The third-order valence-electron chi connectivity index (χ3n) is 7.69. The van der Waals surface area contributed by atoms with Crippen LogP contribution in [0.1, 0.15) is 58.8 Å². The van der Waals surface area contributed by atoms with Crippen LogP contribution >= 0.6 is 0 Å². The maximum absolute atomic E-state index is 12.4. The van der Waals surface area contributed by atoms with Crippen LogP contribution in [-0.4, -0.2) is 18.2 Å². The summed E-state index contributed by atoms with van der Waals surface area (Å²) >= 11 is 0. The molecule has 0 saturated heterocycles. The first-order valence-electron chi connectivity index (χ1n) is 8.97. The standard InChI is InChI=1S/C19H27NO2/c1-18-9-10-20-17(22)11-12(18)3-4-13-14-5-6-16(21)19(14,2)8-7-15(13)18/h11,13-15H,3-10H2,1-2H3,(H,20,22)/t13-,14-,15-,18-,19-/m0/s1. The summed E-state index contributed by atoms with van der Waals surface area (Å²) in [6, 6.07) is 0. The van der Waals surface area contributed by atoms with Gasteiger partial charge in [0.15, 0.2) is 0 Å². The Morgan fingerprint density at radius 1 is 1.00 bits per heavy atom. The Morgan fingerprint density at radius 3 is 2.59 bits per heavy atom. The second-order valence-electron chi connectivity index (χ2n) is 8.46. The van der Waals surface area contributed by atoms with Gasteiger partial charge < -0.3 is 5.32 Å². The summed E-state index contributed by atoms with van der Waals surface area (Å²) in [5, 5.41) is 3.01. The minimum Gasteiger partial charge on any atom is -0.353 e. The van der Waals surface area contributed by atoms with Crippen LogP contribution in [0.2, 0.25) is 0 Å². The molecule has 1 heterocycles. The van der Waals surface area contributed by atoms with Gasteiger partial charge in [-0.15, -0.1) is 0 Å². The van der Waals surface area contributed by atoms with Gasteiger partial charge in [0.1, 0.15) is 5.78 Å². The Balaban J connectivity index is 1.70. The van der Waals surface area contributed by atoms with Crippen LogP contribution in [0.15, 0.2) is 11.6 Å². The lowest BCUT2D eigenvalue weighted by Crippen LogP contribution is -2.49. The van der Waals surface area contributed by atoms with Gasteiger partial charge in [0.2, 0.25) is 5.91 Å². The number of rotatable bonds is 0. The molecule has 3 fully saturated rings. The third kappa shape index (κ3) is 1.80. The van der Waals surface area contributed by atoms with Crippen molar-refractivity contribution in [2.75, 3.05) is 6.54 Å². The van der Waals surface area contributed by atoms with Gasteiger partial charge in [-0.25, -0.2) is 0 Å². The Morgan fingerprint density at radius 2 is 1.77 bits per heavy atom. The van der Waals surface area contributed by atoms with Gasteiger partial charge in [-0.2, -0.15) is 0 Å². The van der Waals surface area contributed by atoms with E-state index in [2.05, 4.69) is 19.2 Å². The number of carbonyl (C=O) groups is 2. The molecule has 0 aromatic carbocycles. The quantitative estimate of drug-likeness (QED) is 0.746. The van der Waals surface area contributed by atoms with E-state index in [0.29, 0.717) is 23.5 Å². The van der Waals surface area contributed by atoms with Crippen molar-refractivity contribution in [1.82, 2.24) is 5.32 Å². The number of nitrogens with one attached hydrogen (secondary N) is 1. The van der Waals surface area contributed by atoms with E-state index in [1.54, 1.807) is 0 Å². The van der Waals surface area contributed by atoms with Crippen molar-refractivity contribution in [1.29, 1.82) is 0 Å². The number of amides is 1. The first-order chi connectivity index (χ1) is 10.4. The fourth-order valence-corrected chi connectivity index (χ4v) is 6.34. The average Bonchev–Trinajstić information content (AvgIpc) is 2.68. The van der Waals surface area contributed by atoms with Crippen LogP contribution in [0.25, 0.3) is 0 Å². The molecule has 0 unspecified atom stereocenters. The highest BCUT2D eigenvalue weighted by molar-refractivity contribution is 5.89. The van der Waals surface area contributed by atoms with Crippen LogP contribution in [-0.2, 0) is 9.59 Å². The number of allylic oxidation sites excluding steroid dienone is 1. The minimum absolute atomic E-state index is 0.0441. The van der Waals surface area contributed by atoms with Crippen LogP contribution in [0, 0.1) is 28.6 Å². The largest absolute Gasteiger partial charge is 0.353 e. The van der Waals surface area contributed by atoms with E-state index >= 15 is 0 Å². The molecule has 0 spiro atoms. The van der Waals surface area contributed by atoms with Crippen LogP contribution in [0.3, 0.4) is 0 Å². The lowest BCUT2D eigenvalue weighted by atomic mass is 9.48. The molecule has 3 aliphatic carbocycles. The highest BCUT2D eigenvalue weighted by Crippen LogP contribution is 2.63. The molecule has 4 rings (SSSR count). The van der Waals surface area contributed by atoms with Gasteiger partial charge >= 0.3 is 0 Å². The molecule has 1 aliphatic heterocycles. The second kappa shape index (κ2) is 4.69. The molecule has 1 amide bonds. The van der Waals surface area contributed by atoms with Gasteiger partial charge in [-0.05, 0) is 61.7 Å². The van der Waals surface area contributed by atoms with Crippen molar-refractivity contribution >= 4 is 11.7 Å². The van der Waals surface area contributed by atoms with Gasteiger partial charge in [-0.1, -0.05) is 19.4 Å². The molecule has 5 atom stereocenters. The first-order valence-corrected chi connectivity index (χ1v) is 8.97. The molecule has 0 aromatic rings. The zero-order chi connectivity index (χ0) is 15.5. The number of ketones is 1. The number of hydrogen-bond acceptors (Lipinski definition) is 2. The van der Waals surface area contributed by atoms with Crippen LogP contribution in [0.4, 0.5) is 0 Å². The maximum Gasteiger partial charge on any atom is 0.243 e. The van der Waals surface area contributed by atoms with E-state index in [9.17, 15) is 9.59 Å². The topological polar surface area (TPSA) is 46.2 Å². The Kier molecular flexibility index (Phi) is 3.08. The summed E-state index contributed by atoms with van der Waals surface area (Å²) in [6.07, 6.45) is 9.28. The predicted molar refractivity (Wildman–Crippen MR) is 85.1 cm³/mol. The van der Waals surface area contributed by atoms with Gasteiger partial charge in [0.25, 0.3) is 0 Å². The van der Waals surface area contributed by atoms with Crippen molar-refractivity contribution in [3.05, 3.63) is 11.6 Å². The molecule has 22 heavy (non-hydrogen) atoms. The molecule has 0 bridgehead atoms. The van der Waals surface area contributed by atoms with Crippen LogP contribution in [0.5, 0.6) is 0 Å². The molecule has 3 nitrogen and oxygen atoms in total. The van der Waals surface area contributed by atoms with Gasteiger partial charge in [-0.3, -0.25) is 9.59 Å². The number of hydrogen-bond donors (Lipinski definition) is 1. The lowest BCUT2D eigenvalue weighted by molar-refractivity contribution is -0.132. The van der Waals surface area contributed by atoms with E-state index < -0.39 is 0 Å². The average molecular weight is 301 g/mol. The van der Waals surface area contributed by atoms with Crippen LogP contribution < -0.4 is 5.32 Å². The van der Waals surface area contributed by atoms with Gasteiger partial charge in [0, 0.05) is 24.5 Å². The fourth-order valence-electron chi connectivity index (χ4n) is 6.34. The maximum atomic E-state index is 12.4. The van der Waals surface area contributed by atoms with E-state index in [-0.39, 0.29) is 16.7 Å². The summed E-state index contributed by atoms with van der Waals surface area (Å²) in [4.78, 5) is 24.3. The van der Waals surface area contributed by atoms with Crippen molar-refractivity contribution in [3.8, 4) is 0 Å². The molecule has 120 valence electrons. The Hall–Kier alpha value is -1.12. The third-order valence-corrected chi connectivity index (χ3v) is 7.69. The predicted octanol–water partition coefficient (Wildman–Crippen LogP) is 3.24. The van der Waals surface area contributed by atoms with Gasteiger partial charge in [0.05, 0.1) is 0 Å². The Labute approximate surface area is 132 Å². The molecular weight excluding hydrogens is 274 g/mol. The van der Waals surface area contributed by atoms with E-state index in [4.69, 9.17) is 0 Å². The Bertz CT molecular complexity index is 566. The molecule has 3 saturated carbocycles. The molecule has 0 aromatic heterocycles. The minimum atomic E-state index is -0.0441. The smallest absolute Gasteiger partial charge is 0.243 e.